The number of guanidine groups is 1. The van der Waals surface area contributed by atoms with Gasteiger partial charge in [0.05, 0.1) is 19.3 Å². The summed E-state index contributed by atoms with van der Waals surface area (Å²) < 4.78 is 47.9. The van der Waals surface area contributed by atoms with Crippen LogP contribution < -0.4 is 15.4 Å². The number of rotatable bonds is 7. The van der Waals surface area contributed by atoms with E-state index in [1.54, 1.807) is 24.4 Å². The second-order valence-corrected chi connectivity index (χ2v) is 7.43. The highest BCUT2D eigenvalue weighted by atomic mass is 19.4. The fourth-order valence-electron chi connectivity index (χ4n) is 2.34. The lowest BCUT2D eigenvalue weighted by molar-refractivity contribution is -0.153. The first-order valence-corrected chi connectivity index (χ1v) is 9.33. The first kappa shape index (κ1) is 22.6. The fourth-order valence-corrected chi connectivity index (χ4v) is 2.34. The van der Waals surface area contributed by atoms with Gasteiger partial charge in [0.15, 0.2) is 12.6 Å². The average Bonchev–Trinajstić information content (AvgIpc) is 3.12. The summed E-state index contributed by atoms with van der Waals surface area (Å²) in [5.41, 5.74) is 0.421. The third-order valence-electron chi connectivity index (χ3n) is 3.82. The van der Waals surface area contributed by atoms with Crippen LogP contribution in [0.3, 0.4) is 0 Å². The zero-order valence-corrected chi connectivity index (χ0v) is 17.1. The summed E-state index contributed by atoms with van der Waals surface area (Å²) in [7, 11) is 0. The lowest BCUT2D eigenvalue weighted by Crippen LogP contribution is -2.36. The molecule has 0 aliphatic carbocycles. The number of nitrogens with zero attached hydrogens (tertiary/aromatic N) is 2. The molecule has 2 rings (SSSR count). The maximum Gasteiger partial charge on any atom is 0.422 e. The summed E-state index contributed by atoms with van der Waals surface area (Å²) in [5.74, 6) is 1.96. The largest absolute Gasteiger partial charge is 0.484 e. The van der Waals surface area contributed by atoms with E-state index in [-0.39, 0.29) is 17.7 Å². The van der Waals surface area contributed by atoms with Gasteiger partial charge in [-0.25, -0.2) is 9.98 Å². The molecule has 0 aliphatic heterocycles. The number of alkyl halides is 3. The molecule has 0 amide bonds. The van der Waals surface area contributed by atoms with Crippen LogP contribution in [0.15, 0.2) is 39.9 Å². The molecule has 160 valence electrons. The van der Waals surface area contributed by atoms with E-state index >= 15 is 0 Å². The molecule has 0 saturated heterocycles. The number of oxazole rings is 1. The van der Waals surface area contributed by atoms with Gasteiger partial charge in [-0.2, -0.15) is 13.2 Å². The van der Waals surface area contributed by atoms with Gasteiger partial charge in [-0.1, -0.05) is 39.0 Å². The molecule has 1 aromatic carbocycles. The van der Waals surface area contributed by atoms with Crippen LogP contribution in [0.2, 0.25) is 0 Å². The Morgan fingerprint density at radius 1 is 1.17 bits per heavy atom. The summed E-state index contributed by atoms with van der Waals surface area (Å²) in [4.78, 5) is 8.68. The smallest absolute Gasteiger partial charge is 0.422 e. The molecule has 0 saturated carbocycles. The molecular formula is C20H27F3N4O2. The monoisotopic (exact) mass is 412 g/mol. The van der Waals surface area contributed by atoms with Gasteiger partial charge in [0.1, 0.15) is 11.5 Å². The third kappa shape index (κ3) is 7.67. The minimum absolute atomic E-state index is 0.135. The van der Waals surface area contributed by atoms with E-state index < -0.39 is 12.8 Å². The number of para-hydroxylation sites is 1. The number of hydrogen-bond acceptors (Lipinski definition) is 4. The van der Waals surface area contributed by atoms with E-state index in [9.17, 15) is 13.2 Å². The van der Waals surface area contributed by atoms with Crippen molar-refractivity contribution in [1.29, 1.82) is 0 Å². The first-order valence-electron chi connectivity index (χ1n) is 9.33. The van der Waals surface area contributed by atoms with Gasteiger partial charge in [0.2, 0.25) is 5.89 Å². The maximum absolute atomic E-state index is 12.4. The van der Waals surface area contributed by atoms with Gasteiger partial charge in [0, 0.05) is 17.5 Å². The normalized spacial score (nSPS) is 12.7. The molecule has 0 fully saturated rings. The number of aliphatic imine (C=N–C) groups is 1. The van der Waals surface area contributed by atoms with Crippen molar-refractivity contribution in [3.63, 3.8) is 0 Å². The Morgan fingerprint density at radius 2 is 1.90 bits per heavy atom. The van der Waals surface area contributed by atoms with Crippen molar-refractivity contribution in [3.05, 3.63) is 47.7 Å². The molecule has 2 aromatic rings. The zero-order valence-electron chi connectivity index (χ0n) is 17.1. The van der Waals surface area contributed by atoms with Crippen molar-refractivity contribution in [3.8, 4) is 5.75 Å². The molecule has 0 atom stereocenters. The van der Waals surface area contributed by atoms with Gasteiger partial charge in [0.25, 0.3) is 0 Å². The van der Waals surface area contributed by atoms with Crippen LogP contribution in [-0.2, 0) is 18.5 Å². The highest BCUT2D eigenvalue weighted by Gasteiger charge is 2.28. The minimum atomic E-state index is -4.39. The van der Waals surface area contributed by atoms with Crippen LogP contribution >= 0.6 is 0 Å². The van der Waals surface area contributed by atoms with Crippen LogP contribution in [0, 0.1) is 0 Å². The third-order valence-corrected chi connectivity index (χ3v) is 3.82. The number of hydrogen-bond donors (Lipinski definition) is 2. The van der Waals surface area contributed by atoms with Crippen LogP contribution in [0.5, 0.6) is 5.75 Å². The summed E-state index contributed by atoms with van der Waals surface area (Å²) in [6, 6.07) is 6.53. The Labute approximate surface area is 168 Å². The Kier molecular flexibility index (Phi) is 7.53. The van der Waals surface area contributed by atoms with E-state index in [0.717, 1.165) is 5.76 Å². The highest BCUT2D eigenvalue weighted by molar-refractivity contribution is 5.79. The number of benzene rings is 1. The molecule has 0 spiro atoms. The summed E-state index contributed by atoms with van der Waals surface area (Å²) in [6.45, 7) is 7.79. The molecule has 0 unspecified atom stereocenters. The zero-order chi connectivity index (χ0) is 21.5. The van der Waals surface area contributed by atoms with Gasteiger partial charge in [-0.05, 0) is 13.0 Å². The second kappa shape index (κ2) is 9.67. The van der Waals surface area contributed by atoms with Crippen molar-refractivity contribution in [2.45, 2.75) is 52.4 Å². The molecule has 29 heavy (non-hydrogen) atoms. The van der Waals surface area contributed by atoms with Crippen LogP contribution in [0.4, 0.5) is 13.2 Å². The standard InChI is InChI=1S/C20H27F3N4O2/c1-5-24-18(27-12-17-25-11-16(29-17)19(2,3)4)26-10-14-8-6-7-9-15(14)28-13-20(21,22)23/h6-9,11H,5,10,12-13H2,1-4H3,(H2,24,26,27). The lowest BCUT2D eigenvalue weighted by Gasteiger charge is -2.14. The quantitative estimate of drug-likeness (QED) is 0.528. The predicted molar refractivity (Wildman–Crippen MR) is 105 cm³/mol. The molecule has 0 bridgehead atoms. The average molecular weight is 412 g/mol. The molecular weight excluding hydrogens is 385 g/mol. The van der Waals surface area contributed by atoms with Crippen molar-refractivity contribution >= 4 is 5.96 Å². The number of halogens is 3. The fraction of sp³-hybridized carbons (Fsp3) is 0.500. The van der Waals surface area contributed by atoms with E-state index in [1.807, 2.05) is 27.7 Å². The van der Waals surface area contributed by atoms with Gasteiger partial charge < -0.3 is 19.8 Å². The molecule has 1 heterocycles. The van der Waals surface area contributed by atoms with E-state index in [2.05, 4.69) is 20.6 Å². The second-order valence-electron chi connectivity index (χ2n) is 7.43. The predicted octanol–water partition coefficient (Wildman–Crippen LogP) is 4.17. The van der Waals surface area contributed by atoms with E-state index in [0.29, 0.717) is 30.5 Å². The Morgan fingerprint density at radius 3 is 2.52 bits per heavy atom. The number of aromatic nitrogens is 1. The van der Waals surface area contributed by atoms with Crippen molar-refractivity contribution < 1.29 is 22.3 Å². The molecule has 0 aliphatic rings. The first-order chi connectivity index (χ1) is 13.6. The number of nitrogens with one attached hydrogen (secondary N) is 2. The SMILES string of the molecule is CCNC(=NCc1ccccc1OCC(F)(F)F)NCc1ncc(C(C)(C)C)o1. The minimum Gasteiger partial charge on any atom is -0.484 e. The lowest BCUT2D eigenvalue weighted by atomic mass is 9.94. The summed E-state index contributed by atoms with van der Waals surface area (Å²) in [6.07, 6.45) is -2.69. The van der Waals surface area contributed by atoms with Crippen molar-refractivity contribution in [1.82, 2.24) is 15.6 Å². The van der Waals surface area contributed by atoms with Crippen LogP contribution in [-0.4, -0.2) is 30.3 Å². The molecule has 1 aromatic heterocycles. The molecule has 6 nitrogen and oxygen atoms in total. The van der Waals surface area contributed by atoms with Crippen LogP contribution in [0.25, 0.3) is 0 Å². The molecule has 2 N–H and O–H groups in total. The molecule has 9 heteroatoms. The molecule has 0 radical (unpaired) electrons. The van der Waals surface area contributed by atoms with Crippen LogP contribution in [0.1, 0.15) is 44.9 Å². The Hall–Kier alpha value is -2.71. The van der Waals surface area contributed by atoms with Crippen molar-refractivity contribution in [2.75, 3.05) is 13.2 Å². The van der Waals surface area contributed by atoms with Gasteiger partial charge in [-0.15, -0.1) is 0 Å². The van der Waals surface area contributed by atoms with Gasteiger partial charge >= 0.3 is 6.18 Å². The van der Waals surface area contributed by atoms with E-state index in [4.69, 9.17) is 9.15 Å². The summed E-state index contributed by atoms with van der Waals surface area (Å²) in [5, 5.41) is 6.19. The maximum atomic E-state index is 12.4. The van der Waals surface area contributed by atoms with Crippen molar-refractivity contribution in [2.24, 2.45) is 4.99 Å². The number of ether oxygens (including phenoxy) is 1. The van der Waals surface area contributed by atoms with Gasteiger partial charge in [-0.3, -0.25) is 0 Å². The highest BCUT2D eigenvalue weighted by Crippen LogP contribution is 2.23. The van der Waals surface area contributed by atoms with E-state index in [1.165, 1.54) is 6.07 Å². The Balaban J connectivity index is 2.03. The Bertz CT molecular complexity index is 811. The summed E-state index contributed by atoms with van der Waals surface area (Å²) >= 11 is 0. The topological polar surface area (TPSA) is 71.7 Å².